The monoisotopic (exact) mass is 1920 g/mol. The molecule has 0 amide bonds. The van der Waals surface area contributed by atoms with Gasteiger partial charge in [0.05, 0.1) is 76.1 Å². The van der Waals surface area contributed by atoms with Crippen LogP contribution in [0.25, 0.3) is 126 Å². The number of hydrogen-bond donors (Lipinski definition) is 4. The molecule has 4 N–H and O–H groups in total. The third kappa shape index (κ3) is 30.0. The fraction of sp³-hybridized carbons (Fsp3) is 0.200. The van der Waals surface area contributed by atoms with Crippen LogP contribution in [0.15, 0.2) is 300 Å². The van der Waals surface area contributed by atoms with E-state index in [-0.39, 0.29) is 69.5 Å². The van der Waals surface area contributed by atoms with Crippen LogP contribution in [0.4, 0.5) is 0 Å². The number of ether oxygens (including phenoxy) is 6. The molecule has 7 aromatic carbocycles. The summed E-state index contributed by atoms with van der Waals surface area (Å²) in [6.07, 6.45) is 12.6. The van der Waals surface area contributed by atoms with Crippen LogP contribution in [0.3, 0.4) is 0 Å². The number of benzene rings is 7. The van der Waals surface area contributed by atoms with Gasteiger partial charge >= 0.3 is 14.2 Å². The van der Waals surface area contributed by atoms with Gasteiger partial charge in [-0.1, -0.05) is 268 Å². The minimum Gasteiger partial charge on any atom is -0.507 e. The van der Waals surface area contributed by atoms with Crippen molar-refractivity contribution in [1.29, 1.82) is 0 Å². The number of methoxy groups -OCH3 is 4. The SMILES string of the molecule is C.C.C.C.C=C/C(C)=C(/C)C(=C)[N+](=O)[O-].C=C/C(O)=c1/c(C(C(=C)[N+](=O)[O-])=C(C)C)cccc1=C.C=C/C(OC)=c1/c(/C(C(=C)C)=C(/C)[N+](=O)[O-])cccc1=C.C=C/C(OC)=c1/c(B(O)O)cccc1=C.C=C/C(OC)=c1/c(B2OC(C)(C)C(C)(C)O2)cccc1=C.C=C/C(OC)=c1/c(C)cccc1=C.C=CC1=c2c(=C)ccc3[nH]c(=C)c(c23)=C(C)O1.C=CC1=c2c(cccc2=C)C(C(=C)[N+](=O)[O-])=C(C)O1. The number of fused-ring (bicyclic) bond motifs is 1. The zero-order valence-corrected chi connectivity index (χ0v) is 81.6. The van der Waals surface area contributed by atoms with E-state index in [1.165, 1.54) is 33.3 Å². The second-order valence-corrected chi connectivity index (χ2v) is 31.9. The number of aliphatic hydroxyl groups is 1. The molecule has 0 spiro atoms. The predicted octanol–water partition coefficient (Wildman–Crippen LogP) is 13.8. The summed E-state index contributed by atoms with van der Waals surface area (Å²) in [5, 5.41) is 85.6. The number of aromatic nitrogens is 1. The average molecular weight is 1920 g/mol. The standard InChI is InChI=1S/C17H23BO3.C17H19NO3.C16H17NO3.C15H13NO3.C15H13NO.C12H14O.C11H13BO3.C8H11NO2.4CH4/c1-8-14(19-7)15-12(2)10-9-11-13(15)18-20-16(3,4)17(5,6)21-18;1-7-15(21-6)17-12(4)9-8-10-14(17)16(11(2)3)13(5)18(19)20;1-6-14(18)16-11(4)8-7-9-13(16)15(10(2)3)12(5)17(19)20;1-5-13-14-9(2)7-6-8-12(14)15(11(4)19-13)10(3)16(17)18;1-5-12-13-8(2)6-7-11-15(13)14(9(3)16-11)10(4)17-12;1-5-11(13-4)12-9(2)7-6-8-10(12)3;1-4-10(15-3)11-8(2)6-5-7-9(11)12(13)14;1-5-6(2)7(3)8(4)9(10)11;;;;/h8-11H,1-2H2,3-7H3;7-10H,1-2,4H2,3,5-6H3;6-9,18H,1,4-5H2,2-3H3;5-8H,1-3H2,4H3;5-7,16H,1-3H2,4H3;5-8H,1-2H2,3-4H3;4-7,13-14H,1-2H2,3H3;5H,1,4H2,2-3H3;4*1H4/b15-14-;16-13-,17-15-;16-14-;;;12-11-;11-10-;7-6-;;;;. The van der Waals surface area contributed by atoms with Crippen molar-refractivity contribution in [3.8, 4) is 0 Å². The van der Waals surface area contributed by atoms with E-state index in [1.807, 2.05) is 102 Å². The van der Waals surface area contributed by atoms with Crippen LogP contribution in [0.2, 0.25) is 0 Å². The van der Waals surface area contributed by atoms with Crippen LogP contribution in [0, 0.1) is 47.4 Å². The maximum Gasteiger partial charge on any atom is 0.495 e. The van der Waals surface area contributed by atoms with E-state index in [2.05, 4.69) is 137 Å². The van der Waals surface area contributed by atoms with E-state index in [4.69, 9.17) is 37.7 Å². The third-order valence-corrected chi connectivity index (χ3v) is 22.2. The van der Waals surface area contributed by atoms with Gasteiger partial charge in [0.1, 0.15) is 51.8 Å². The first-order chi connectivity index (χ1) is 64.3. The molecule has 11 rings (SSSR count). The van der Waals surface area contributed by atoms with Crippen molar-refractivity contribution >= 4 is 151 Å². The topological polar surface area (TPSA) is 323 Å². The Balaban J connectivity index is 0.00000159. The minimum atomic E-state index is -1.55. The largest absolute Gasteiger partial charge is 0.507 e. The molecule has 0 saturated carbocycles. The number of H-pyrrole nitrogens is 1. The first kappa shape index (κ1) is 125. The van der Waals surface area contributed by atoms with Crippen LogP contribution in [0.1, 0.15) is 135 Å². The molecule has 0 radical (unpaired) electrons. The zero-order valence-electron chi connectivity index (χ0n) is 81.6. The molecule has 8 aromatic rings. The molecular formula is C115H139B2N5O19. The molecule has 1 aromatic heterocycles. The maximum atomic E-state index is 11.2. The van der Waals surface area contributed by atoms with Crippen molar-refractivity contribution in [2.75, 3.05) is 28.4 Å². The smallest absolute Gasteiger partial charge is 0.495 e. The Morgan fingerprint density at radius 2 is 0.858 bits per heavy atom. The summed E-state index contributed by atoms with van der Waals surface area (Å²) in [5.74, 6) is 5.00. The van der Waals surface area contributed by atoms with Gasteiger partial charge < -0.3 is 57.9 Å². The molecule has 0 aliphatic carbocycles. The molecule has 141 heavy (non-hydrogen) atoms. The summed E-state index contributed by atoms with van der Waals surface area (Å²) < 4.78 is 44.7. The minimum absolute atomic E-state index is 0. The second-order valence-electron chi connectivity index (χ2n) is 31.9. The predicted molar refractivity (Wildman–Crippen MR) is 592 cm³/mol. The first-order valence-corrected chi connectivity index (χ1v) is 42.3. The molecule has 1 saturated heterocycles. The zero-order chi connectivity index (χ0) is 104. The van der Waals surface area contributed by atoms with Crippen molar-refractivity contribution in [2.45, 2.75) is 131 Å². The summed E-state index contributed by atoms with van der Waals surface area (Å²) in [6.45, 7) is 99.1. The normalized spacial score (nSPS) is 13.6. The lowest BCUT2D eigenvalue weighted by molar-refractivity contribution is -0.423. The van der Waals surface area contributed by atoms with E-state index in [9.17, 15) is 55.6 Å². The number of aromatic amines is 1. The molecule has 0 atom stereocenters. The molecule has 4 heterocycles. The van der Waals surface area contributed by atoms with Gasteiger partial charge in [-0.2, -0.15) is 0 Å². The van der Waals surface area contributed by atoms with Crippen molar-refractivity contribution in [2.24, 2.45) is 0 Å². The number of nitrogens with one attached hydrogen (secondary N) is 1. The molecule has 0 unspecified atom stereocenters. The highest BCUT2D eigenvalue weighted by atomic mass is 16.7. The summed E-state index contributed by atoms with van der Waals surface area (Å²) in [4.78, 5) is 44.7. The Hall–Kier alpha value is -16.0. The van der Waals surface area contributed by atoms with Gasteiger partial charge in [0.15, 0.2) is 0 Å². The number of nitrogens with zero attached hydrogens (tertiary/aromatic N) is 4. The van der Waals surface area contributed by atoms with Gasteiger partial charge in [0.2, 0.25) is 0 Å². The fourth-order valence-corrected chi connectivity index (χ4v) is 14.5. The molecule has 1 fully saturated rings. The van der Waals surface area contributed by atoms with Crippen LogP contribution < -0.4 is 94.6 Å². The summed E-state index contributed by atoms with van der Waals surface area (Å²) >= 11 is 0. The van der Waals surface area contributed by atoms with Crippen LogP contribution >= 0.6 is 0 Å². The van der Waals surface area contributed by atoms with Gasteiger partial charge in [-0.15, -0.1) is 0 Å². The Morgan fingerprint density at radius 3 is 1.29 bits per heavy atom. The van der Waals surface area contributed by atoms with E-state index in [0.29, 0.717) is 110 Å². The fourth-order valence-electron chi connectivity index (χ4n) is 14.5. The van der Waals surface area contributed by atoms with Crippen molar-refractivity contribution in [3.63, 3.8) is 0 Å². The number of rotatable bonds is 24. The third-order valence-electron chi connectivity index (χ3n) is 22.2. The van der Waals surface area contributed by atoms with Gasteiger partial charge in [-0.3, -0.25) is 40.5 Å². The average Bonchev–Trinajstić information content (AvgIpc) is 1.60. The lowest BCUT2D eigenvalue weighted by Gasteiger charge is -2.32. The summed E-state index contributed by atoms with van der Waals surface area (Å²) in [6, 6.07) is 36.9. The van der Waals surface area contributed by atoms with Crippen LogP contribution in [0.5, 0.6) is 0 Å². The Morgan fingerprint density at radius 1 is 0.454 bits per heavy atom. The first-order valence-electron chi connectivity index (χ1n) is 42.3. The number of hydrogen-bond acceptors (Lipinski definition) is 19. The van der Waals surface area contributed by atoms with Crippen molar-refractivity contribution < 1.29 is 72.6 Å². The Kier molecular flexibility index (Phi) is 49.7. The number of allylic oxidation sites excluding steroid dienone is 10. The number of aryl methyl sites for hydroxylation is 1. The van der Waals surface area contributed by atoms with E-state index in [0.717, 1.165) is 103 Å². The maximum absolute atomic E-state index is 11.2. The van der Waals surface area contributed by atoms with E-state index >= 15 is 0 Å². The molecule has 0 bridgehead atoms. The molecule has 744 valence electrons. The van der Waals surface area contributed by atoms with Crippen molar-refractivity contribution in [3.05, 3.63) is 446 Å². The molecule has 26 heteroatoms. The van der Waals surface area contributed by atoms with Crippen molar-refractivity contribution in [1.82, 2.24) is 4.98 Å². The highest BCUT2D eigenvalue weighted by Gasteiger charge is 2.52. The Bertz CT molecular complexity index is 7430. The van der Waals surface area contributed by atoms with E-state index in [1.54, 1.807) is 153 Å². The second kappa shape index (κ2) is 56.0. The van der Waals surface area contributed by atoms with E-state index < -0.39 is 33.9 Å². The van der Waals surface area contributed by atoms with Gasteiger partial charge in [-0.25, -0.2) is 0 Å². The molecule has 24 nitrogen and oxygen atoms in total. The van der Waals surface area contributed by atoms with Gasteiger partial charge in [0.25, 0.3) is 22.8 Å². The molecule has 3 aliphatic rings. The van der Waals surface area contributed by atoms with Crippen LogP contribution in [-0.4, -0.2) is 93.7 Å². The lowest BCUT2D eigenvalue weighted by atomic mass is 9.77. The quantitative estimate of drug-likeness (QED) is 0.0189. The summed E-state index contributed by atoms with van der Waals surface area (Å²) in [5.41, 5.74) is 8.17. The van der Waals surface area contributed by atoms with Gasteiger partial charge in [0, 0.05) is 76.1 Å². The number of nitro groups is 4. The summed E-state index contributed by atoms with van der Waals surface area (Å²) in [7, 11) is 4.29. The highest BCUT2D eigenvalue weighted by Crippen LogP contribution is 2.37. The number of aliphatic hydroxyl groups excluding tert-OH is 1. The lowest BCUT2D eigenvalue weighted by Crippen LogP contribution is -2.50. The molecule has 3 aliphatic heterocycles. The van der Waals surface area contributed by atoms with Gasteiger partial charge in [-0.05, 0) is 227 Å². The highest BCUT2D eigenvalue weighted by molar-refractivity contribution is 6.62. The van der Waals surface area contributed by atoms with Crippen LogP contribution in [-0.2, 0) is 37.7 Å². The Labute approximate surface area is 829 Å². The molecular weight excluding hydrogens is 1780 g/mol.